The molecule has 1 amide bonds. The highest BCUT2D eigenvalue weighted by Crippen LogP contribution is 2.37. The third kappa shape index (κ3) is 3.91. The van der Waals surface area contributed by atoms with E-state index in [1.807, 2.05) is 6.92 Å². The van der Waals surface area contributed by atoms with Gasteiger partial charge >= 0.3 is 5.97 Å². The summed E-state index contributed by atoms with van der Waals surface area (Å²) in [6, 6.07) is 5.36. The molecule has 2 unspecified atom stereocenters. The van der Waals surface area contributed by atoms with Gasteiger partial charge in [-0.15, -0.1) is 11.8 Å². The van der Waals surface area contributed by atoms with Gasteiger partial charge in [-0.2, -0.15) is 0 Å². The van der Waals surface area contributed by atoms with E-state index < -0.39 is 16.8 Å². The Morgan fingerprint density at radius 3 is 2.57 bits per heavy atom. The smallest absolute Gasteiger partial charge is 0.326 e. The molecule has 2 rings (SSSR count). The van der Waals surface area contributed by atoms with E-state index in [1.54, 1.807) is 23.9 Å². The lowest BCUT2D eigenvalue weighted by molar-refractivity contribution is -0.142. The van der Waals surface area contributed by atoms with Crippen LogP contribution in [0.1, 0.15) is 25.3 Å². The summed E-state index contributed by atoms with van der Waals surface area (Å²) in [5, 5.41) is 21.2. The van der Waals surface area contributed by atoms with Crippen LogP contribution < -0.4 is 5.32 Å². The van der Waals surface area contributed by atoms with Gasteiger partial charge in [0, 0.05) is 6.42 Å². The topological polar surface area (TPSA) is 86.6 Å². The van der Waals surface area contributed by atoms with E-state index in [4.69, 9.17) is 0 Å². The first-order chi connectivity index (χ1) is 9.90. The molecule has 1 aromatic rings. The molecule has 1 saturated heterocycles. The number of carboxylic acids is 1. The zero-order valence-corrected chi connectivity index (χ0v) is 12.7. The van der Waals surface area contributed by atoms with E-state index >= 15 is 0 Å². The Kier molecular flexibility index (Phi) is 4.77. The molecule has 2 atom stereocenters. The molecular formula is C15H19NO4S. The molecule has 0 aromatic heterocycles. The lowest BCUT2D eigenvalue weighted by Crippen LogP contribution is -2.49. The SMILES string of the molecule is CC1(C(=O)NC(Cc2ccc(O)cc2)C(=O)O)CCCS1. The number of hydrogen-bond donors (Lipinski definition) is 3. The van der Waals surface area contributed by atoms with Gasteiger partial charge in [-0.3, -0.25) is 4.79 Å². The molecule has 1 heterocycles. The van der Waals surface area contributed by atoms with Crippen LogP contribution in [0.15, 0.2) is 24.3 Å². The third-order valence-electron chi connectivity index (χ3n) is 3.68. The number of hydrogen-bond acceptors (Lipinski definition) is 4. The number of phenolic OH excluding ortho intramolecular Hbond substituents is 1. The maximum absolute atomic E-state index is 12.3. The van der Waals surface area contributed by atoms with Crippen molar-refractivity contribution < 1.29 is 19.8 Å². The van der Waals surface area contributed by atoms with Crippen molar-refractivity contribution in [2.45, 2.75) is 37.0 Å². The van der Waals surface area contributed by atoms with Gasteiger partial charge in [0.25, 0.3) is 0 Å². The van der Waals surface area contributed by atoms with Crippen LogP contribution >= 0.6 is 11.8 Å². The Bertz CT molecular complexity index is 523. The van der Waals surface area contributed by atoms with Gasteiger partial charge in [-0.25, -0.2) is 4.79 Å². The van der Waals surface area contributed by atoms with Crippen molar-refractivity contribution >= 4 is 23.6 Å². The number of amides is 1. The highest BCUT2D eigenvalue weighted by molar-refractivity contribution is 8.01. The zero-order chi connectivity index (χ0) is 15.5. The molecule has 21 heavy (non-hydrogen) atoms. The van der Waals surface area contributed by atoms with E-state index in [2.05, 4.69) is 5.32 Å². The summed E-state index contributed by atoms with van der Waals surface area (Å²) < 4.78 is -0.525. The molecule has 5 nitrogen and oxygen atoms in total. The van der Waals surface area contributed by atoms with Crippen molar-refractivity contribution in [1.29, 1.82) is 0 Å². The van der Waals surface area contributed by atoms with Gasteiger partial charge in [0.1, 0.15) is 11.8 Å². The molecule has 114 valence electrons. The summed E-state index contributed by atoms with van der Waals surface area (Å²) in [5.41, 5.74) is 0.754. The molecular weight excluding hydrogens is 290 g/mol. The Balaban J connectivity index is 2.04. The first kappa shape index (κ1) is 15.7. The lowest BCUT2D eigenvalue weighted by Gasteiger charge is -2.24. The summed E-state index contributed by atoms with van der Waals surface area (Å²) in [5.74, 6) is -0.205. The Morgan fingerprint density at radius 1 is 1.38 bits per heavy atom. The minimum atomic E-state index is -1.05. The largest absolute Gasteiger partial charge is 0.508 e. The second kappa shape index (κ2) is 6.39. The first-order valence-electron chi connectivity index (χ1n) is 6.86. The van der Waals surface area contributed by atoms with Crippen LogP contribution in [0.4, 0.5) is 0 Å². The van der Waals surface area contributed by atoms with Crippen molar-refractivity contribution in [2.75, 3.05) is 5.75 Å². The molecule has 3 N–H and O–H groups in total. The average molecular weight is 309 g/mol. The van der Waals surface area contributed by atoms with Crippen LogP contribution in [0.3, 0.4) is 0 Å². The number of nitrogens with one attached hydrogen (secondary N) is 1. The fraction of sp³-hybridized carbons (Fsp3) is 0.467. The second-order valence-electron chi connectivity index (χ2n) is 5.42. The average Bonchev–Trinajstić information content (AvgIpc) is 2.88. The number of carbonyl (C=O) groups is 2. The second-order valence-corrected chi connectivity index (χ2v) is 7.02. The fourth-order valence-corrected chi connectivity index (χ4v) is 3.55. The summed E-state index contributed by atoms with van der Waals surface area (Å²) in [7, 11) is 0. The van der Waals surface area contributed by atoms with Crippen LogP contribution in [0.2, 0.25) is 0 Å². The fourth-order valence-electron chi connectivity index (χ4n) is 2.34. The molecule has 0 radical (unpaired) electrons. The van der Waals surface area contributed by atoms with Crippen molar-refractivity contribution in [2.24, 2.45) is 0 Å². The van der Waals surface area contributed by atoms with Crippen molar-refractivity contribution in [1.82, 2.24) is 5.32 Å². The molecule has 0 aliphatic carbocycles. The minimum Gasteiger partial charge on any atom is -0.508 e. The maximum Gasteiger partial charge on any atom is 0.326 e. The maximum atomic E-state index is 12.3. The first-order valence-corrected chi connectivity index (χ1v) is 7.85. The van der Waals surface area contributed by atoms with E-state index in [1.165, 1.54) is 12.1 Å². The Labute approximate surface area is 127 Å². The Hall–Kier alpha value is -1.69. The molecule has 1 fully saturated rings. The highest BCUT2D eigenvalue weighted by atomic mass is 32.2. The normalized spacial score (nSPS) is 22.7. The minimum absolute atomic E-state index is 0.129. The van der Waals surface area contributed by atoms with Crippen LogP contribution in [0.25, 0.3) is 0 Å². The number of benzene rings is 1. The van der Waals surface area contributed by atoms with Gasteiger partial charge in [0.15, 0.2) is 0 Å². The molecule has 0 spiro atoms. The molecule has 6 heteroatoms. The predicted octanol–water partition coefficient (Wildman–Crippen LogP) is 1.79. The third-order valence-corrected chi connectivity index (χ3v) is 5.20. The number of carboxylic acid groups (broad SMARTS) is 1. The van der Waals surface area contributed by atoms with E-state index in [0.717, 1.165) is 24.2 Å². The number of aliphatic carboxylic acids is 1. The summed E-state index contributed by atoms with van der Waals surface area (Å²) in [6.07, 6.45) is 1.95. The number of thioether (sulfide) groups is 1. The zero-order valence-electron chi connectivity index (χ0n) is 11.8. The summed E-state index contributed by atoms with van der Waals surface area (Å²) in [4.78, 5) is 23.6. The number of aromatic hydroxyl groups is 1. The van der Waals surface area contributed by atoms with E-state index in [9.17, 15) is 19.8 Å². The molecule has 1 aromatic carbocycles. The van der Waals surface area contributed by atoms with Gasteiger partial charge in [-0.1, -0.05) is 12.1 Å². The molecule has 0 saturated carbocycles. The quantitative estimate of drug-likeness (QED) is 0.772. The molecule has 1 aliphatic heterocycles. The van der Waals surface area contributed by atoms with Crippen molar-refractivity contribution in [3.05, 3.63) is 29.8 Å². The Morgan fingerprint density at radius 2 is 2.05 bits per heavy atom. The number of carbonyl (C=O) groups excluding carboxylic acids is 1. The van der Waals surface area contributed by atoms with Crippen molar-refractivity contribution in [3.8, 4) is 5.75 Å². The summed E-state index contributed by atoms with van der Waals surface area (Å²) in [6.45, 7) is 1.86. The summed E-state index contributed by atoms with van der Waals surface area (Å²) >= 11 is 1.58. The van der Waals surface area contributed by atoms with Crippen LogP contribution in [0, 0.1) is 0 Å². The molecule has 1 aliphatic rings. The lowest BCUT2D eigenvalue weighted by atomic mass is 10.0. The van der Waals surface area contributed by atoms with Gasteiger partial charge in [0.2, 0.25) is 5.91 Å². The number of phenols is 1. The van der Waals surface area contributed by atoms with Gasteiger partial charge < -0.3 is 15.5 Å². The molecule has 0 bridgehead atoms. The van der Waals surface area contributed by atoms with Crippen LogP contribution in [0.5, 0.6) is 5.75 Å². The van der Waals surface area contributed by atoms with Crippen molar-refractivity contribution in [3.63, 3.8) is 0 Å². The highest BCUT2D eigenvalue weighted by Gasteiger charge is 2.38. The van der Waals surface area contributed by atoms with Crippen LogP contribution in [-0.4, -0.2) is 38.6 Å². The van der Waals surface area contributed by atoms with Gasteiger partial charge in [0.05, 0.1) is 4.75 Å². The number of rotatable bonds is 5. The monoisotopic (exact) mass is 309 g/mol. The standard InChI is InChI=1S/C15H19NO4S/c1-15(7-2-8-21-15)14(20)16-12(13(18)19)9-10-3-5-11(17)6-4-10/h3-6,12,17H,2,7-9H2,1H3,(H,16,20)(H,18,19). The van der Waals surface area contributed by atoms with E-state index in [0.29, 0.717) is 0 Å². The van der Waals surface area contributed by atoms with Crippen LogP contribution in [-0.2, 0) is 16.0 Å². The van der Waals surface area contributed by atoms with E-state index in [-0.39, 0.29) is 18.1 Å². The van der Waals surface area contributed by atoms with Gasteiger partial charge in [-0.05, 0) is 43.2 Å². The predicted molar refractivity (Wildman–Crippen MR) is 81.5 cm³/mol.